The first-order valence-corrected chi connectivity index (χ1v) is 10.7. The maximum atomic E-state index is 13.9. The van der Waals surface area contributed by atoms with Gasteiger partial charge in [0.05, 0.1) is 5.39 Å². The number of rotatable bonds is 2. The van der Waals surface area contributed by atoms with Gasteiger partial charge in [0.1, 0.15) is 5.82 Å². The minimum Gasteiger partial charge on any atom is -0.416 e. The Kier molecular flexibility index (Phi) is 4.89. The average Bonchev–Trinajstić information content (AvgIpc) is 2.79. The van der Waals surface area contributed by atoms with E-state index in [1.54, 1.807) is 23.1 Å². The molecule has 1 atom stereocenters. The molecule has 5 rings (SSSR count). The largest absolute Gasteiger partial charge is 0.416 e. The van der Waals surface area contributed by atoms with Crippen molar-refractivity contribution >= 4 is 22.4 Å². The van der Waals surface area contributed by atoms with Crippen LogP contribution in [0.15, 0.2) is 75.9 Å². The molecule has 1 aliphatic heterocycles. The van der Waals surface area contributed by atoms with Crippen molar-refractivity contribution in [2.75, 3.05) is 4.90 Å². The van der Waals surface area contributed by atoms with Crippen molar-refractivity contribution in [3.05, 3.63) is 99.9 Å². The highest BCUT2D eigenvalue weighted by Gasteiger charge is 2.33. The molecule has 1 aromatic heterocycles. The predicted molar refractivity (Wildman–Crippen MR) is 124 cm³/mol. The van der Waals surface area contributed by atoms with Crippen molar-refractivity contribution in [3.8, 4) is 11.1 Å². The lowest BCUT2D eigenvalue weighted by molar-refractivity contribution is 0.0945. The van der Waals surface area contributed by atoms with Crippen LogP contribution in [0.5, 0.6) is 0 Å². The van der Waals surface area contributed by atoms with Crippen molar-refractivity contribution in [2.45, 2.75) is 32.7 Å². The molecule has 0 bridgehead atoms. The molecular formula is C27H22FNO3. The van der Waals surface area contributed by atoms with E-state index in [-0.39, 0.29) is 17.6 Å². The van der Waals surface area contributed by atoms with E-state index in [4.69, 9.17) is 4.42 Å². The SMILES string of the molecule is Cc1ccc(-c2c(C(=O)N3c4ccc(F)cc4CCC3C)oc(=O)c3ccccc23)cc1. The molecule has 0 N–H and O–H groups in total. The highest BCUT2D eigenvalue weighted by molar-refractivity contribution is 6.13. The molecule has 0 fully saturated rings. The standard InChI is InChI=1S/C27H22FNO3/c1-16-7-10-18(11-8-16)24-21-5-3-4-6-22(21)27(31)32-25(24)26(30)29-17(2)9-12-19-15-20(28)13-14-23(19)29/h3-8,10-11,13-15,17H,9,12H2,1-2H3. The fourth-order valence-corrected chi connectivity index (χ4v) is 4.50. The first kappa shape index (κ1) is 20.2. The molecule has 3 aromatic carbocycles. The van der Waals surface area contributed by atoms with Crippen LogP contribution in [0.2, 0.25) is 0 Å². The lowest BCUT2D eigenvalue weighted by Gasteiger charge is -2.35. The third-order valence-electron chi connectivity index (χ3n) is 6.16. The van der Waals surface area contributed by atoms with Crippen molar-refractivity contribution in [3.63, 3.8) is 0 Å². The molecule has 0 radical (unpaired) electrons. The van der Waals surface area contributed by atoms with Crippen LogP contribution < -0.4 is 10.5 Å². The van der Waals surface area contributed by atoms with Crippen molar-refractivity contribution in [1.82, 2.24) is 0 Å². The predicted octanol–water partition coefficient (Wildman–Crippen LogP) is 5.89. The van der Waals surface area contributed by atoms with Gasteiger partial charge < -0.3 is 9.32 Å². The number of hydrogen-bond donors (Lipinski definition) is 0. The highest BCUT2D eigenvalue weighted by Crippen LogP contribution is 2.36. The van der Waals surface area contributed by atoms with E-state index in [1.807, 2.05) is 50.2 Å². The Balaban J connectivity index is 1.76. The zero-order chi connectivity index (χ0) is 22.4. The first-order chi connectivity index (χ1) is 15.4. The van der Waals surface area contributed by atoms with Gasteiger partial charge in [-0.05, 0) is 62.1 Å². The number of carbonyl (C=O) groups is 1. The Morgan fingerprint density at radius 3 is 2.50 bits per heavy atom. The minimum absolute atomic E-state index is 0.00146. The van der Waals surface area contributed by atoms with Crippen molar-refractivity contribution < 1.29 is 13.6 Å². The zero-order valence-corrected chi connectivity index (χ0v) is 17.9. The molecule has 1 unspecified atom stereocenters. The quantitative estimate of drug-likeness (QED) is 0.401. The Labute approximate surface area is 184 Å². The number of halogens is 1. The topological polar surface area (TPSA) is 50.5 Å². The van der Waals surface area contributed by atoms with Crippen molar-refractivity contribution in [1.29, 1.82) is 0 Å². The van der Waals surface area contributed by atoms with Gasteiger partial charge in [0, 0.05) is 22.7 Å². The van der Waals surface area contributed by atoms with Gasteiger partial charge in [-0.15, -0.1) is 0 Å². The van der Waals surface area contributed by atoms with Crippen LogP contribution in [-0.2, 0) is 6.42 Å². The van der Waals surface area contributed by atoms with Gasteiger partial charge in [-0.1, -0.05) is 48.0 Å². The van der Waals surface area contributed by atoms with Crippen LogP contribution in [-0.4, -0.2) is 11.9 Å². The second kappa shape index (κ2) is 7.75. The van der Waals surface area contributed by atoms with E-state index in [0.29, 0.717) is 34.9 Å². The van der Waals surface area contributed by atoms with Gasteiger partial charge in [-0.25, -0.2) is 9.18 Å². The van der Waals surface area contributed by atoms with Gasteiger partial charge in [-0.2, -0.15) is 0 Å². The Hall–Kier alpha value is -3.73. The number of benzene rings is 3. The number of carbonyl (C=O) groups excluding carboxylic acids is 1. The molecule has 0 aliphatic carbocycles. The molecule has 2 heterocycles. The second-order valence-corrected chi connectivity index (χ2v) is 8.34. The number of hydrogen-bond acceptors (Lipinski definition) is 3. The minimum atomic E-state index is -0.552. The first-order valence-electron chi connectivity index (χ1n) is 10.7. The molecule has 1 amide bonds. The smallest absolute Gasteiger partial charge is 0.344 e. The van der Waals surface area contributed by atoms with Crippen LogP contribution in [0.1, 0.15) is 35.0 Å². The normalized spacial score (nSPS) is 15.6. The highest BCUT2D eigenvalue weighted by atomic mass is 19.1. The molecule has 0 saturated carbocycles. The van der Waals surface area contributed by atoms with E-state index in [2.05, 4.69) is 0 Å². The number of fused-ring (bicyclic) bond motifs is 2. The summed E-state index contributed by atoms with van der Waals surface area (Å²) in [7, 11) is 0. The van der Waals surface area contributed by atoms with Crippen molar-refractivity contribution in [2.24, 2.45) is 0 Å². The second-order valence-electron chi connectivity index (χ2n) is 8.34. The van der Waals surface area contributed by atoms with E-state index < -0.39 is 11.5 Å². The molecule has 0 spiro atoms. The maximum Gasteiger partial charge on any atom is 0.344 e. The number of amides is 1. The summed E-state index contributed by atoms with van der Waals surface area (Å²) < 4.78 is 19.5. The summed E-state index contributed by atoms with van der Waals surface area (Å²) in [6, 6.07) is 19.3. The van der Waals surface area contributed by atoms with E-state index >= 15 is 0 Å². The Morgan fingerprint density at radius 1 is 1.03 bits per heavy atom. The Morgan fingerprint density at radius 2 is 1.75 bits per heavy atom. The lowest BCUT2D eigenvalue weighted by Crippen LogP contribution is -2.42. The fraction of sp³-hybridized carbons (Fsp3) is 0.185. The molecule has 0 saturated heterocycles. The van der Waals surface area contributed by atoms with E-state index in [0.717, 1.165) is 16.7 Å². The molecule has 5 heteroatoms. The maximum absolute atomic E-state index is 13.9. The summed E-state index contributed by atoms with van der Waals surface area (Å²) >= 11 is 0. The number of nitrogens with zero attached hydrogens (tertiary/aromatic N) is 1. The molecule has 4 nitrogen and oxygen atoms in total. The monoisotopic (exact) mass is 427 g/mol. The third-order valence-corrected chi connectivity index (χ3v) is 6.16. The summed E-state index contributed by atoms with van der Waals surface area (Å²) in [5.74, 6) is -0.728. The van der Waals surface area contributed by atoms with E-state index in [9.17, 15) is 14.0 Å². The molecule has 32 heavy (non-hydrogen) atoms. The Bertz CT molecular complexity index is 1410. The fourth-order valence-electron chi connectivity index (χ4n) is 4.50. The summed E-state index contributed by atoms with van der Waals surface area (Å²) in [6.45, 7) is 3.94. The average molecular weight is 427 g/mol. The third kappa shape index (κ3) is 3.30. The molecule has 160 valence electrons. The summed E-state index contributed by atoms with van der Waals surface area (Å²) in [6.07, 6.45) is 1.38. The molecule has 4 aromatic rings. The number of aryl methyl sites for hydroxylation is 2. The van der Waals surface area contributed by atoms with Crippen LogP contribution in [0.25, 0.3) is 21.9 Å². The number of anilines is 1. The van der Waals surface area contributed by atoms with Crippen LogP contribution in [0.4, 0.5) is 10.1 Å². The van der Waals surface area contributed by atoms with Crippen LogP contribution >= 0.6 is 0 Å². The van der Waals surface area contributed by atoms with Gasteiger partial charge in [0.25, 0.3) is 5.91 Å². The van der Waals surface area contributed by atoms with Gasteiger partial charge in [0.15, 0.2) is 0 Å². The van der Waals surface area contributed by atoms with E-state index in [1.165, 1.54) is 12.1 Å². The molecular weight excluding hydrogens is 405 g/mol. The summed E-state index contributed by atoms with van der Waals surface area (Å²) in [5.41, 5.74) is 3.35. The zero-order valence-electron chi connectivity index (χ0n) is 17.9. The summed E-state index contributed by atoms with van der Waals surface area (Å²) in [4.78, 5) is 28.4. The van der Waals surface area contributed by atoms with Crippen LogP contribution in [0, 0.1) is 12.7 Å². The van der Waals surface area contributed by atoms with Gasteiger partial charge in [-0.3, -0.25) is 4.79 Å². The van der Waals surface area contributed by atoms with Gasteiger partial charge >= 0.3 is 5.63 Å². The summed E-state index contributed by atoms with van der Waals surface area (Å²) in [5, 5.41) is 1.09. The van der Waals surface area contributed by atoms with Gasteiger partial charge in [0.2, 0.25) is 5.76 Å². The van der Waals surface area contributed by atoms with Crippen LogP contribution in [0.3, 0.4) is 0 Å². The lowest BCUT2D eigenvalue weighted by atomic mass is 9.94. The molecule has 1 aliphatic rings.